The van der Waals surface area contributed by atoms with Crippen molar-refractivity contribution in [3.8, 4) is 17.7 Å². The van der Waals surface area contributed by atoms with Crippen molar-refractivity contribution in [3.05, 3.63) is 48.4 Å². The molecule has 4 heterocycles. The smallest absolute Gasteiger partial charge is 0.266 e. The van der Waals surface area contributed by atoms with Crippen LogP contribution in [0, 0.1) is 11.3 Å². The number of hydrogen-bond donors (Lipinski definition) is 1. The summed E-state index contributed by atoms with van der Waals surface area (Å²) in [5, 5.41) is 12.6. The average molecular weight is 487 g/mol. The van der Waals surface area contributed by atoms with Gasteiger partial charge in [-0.25, -0.2) is 0 Å². The summed E-state index contributed by atoms with van der Waals surface area (Å²) in [5.74, 6) is 1.01. The Morgan fingerprint density at radius 2 is 1.89 bits per heavy atom. The molecule has 10 nitrogen and oxygen atoms in total. The maximum atomic E-state index is 13.7. The summed E-state index contributed by atoms with van der Waals surface area (Å²) >= 11 is 0. The topological polar surface area (TPSA) is 119 Å². The van der Waals surface area contributed by atoms with Crippen molar-refractivity contribution in [2.45, 2.75) is 31.2 Å². The molecule has 2 aromatic heterocycles. The summed E-state index contributed by atoms with van der Waals surface area (Å²) in [5.41, 5.74) is 0.857. The summed E-state index contributed by atoms with van der Waals surface area (Å²) < 4.78 is 11.2. The van der Waals surface area contributed by atoms with Crippen LogP contribution in [0.3, 0.4) is 0 Å². The van der Waals surface area contributed by atoms with E-state index in [1.54, 1.807) is 17.0 Å². The number of nitriles is 1. The van der Waals surface area contributed by atoms with E-state index in [9.17, 15) is 14.9 Å². The zero-order chi connectivity index (χ0) is 24.7. The summed E-state index contributed by atoms with van der Waals surface area (Å²) in [6.07, 6.45) is 4.73. The zero-order valence-corrected chi connectivity index (χ0v) is 19.8. The van der Waals surface area contributed by atoms with Crippen molar-refractivity contribution in [1.82, 2.24) is 9.88 Å². The number of piperazine rings is 1. The number of aromatic nitrogens is 1. The quantitative estimate of drug-likeness (QED) is 0.597. The molecule has 3 aliphatic rings. The Bertz CT molecular complexity index is 1330. The van der Waals surface area contributed by atoms with Gasteiger partial charge >= 0.3 is 0 Å². The summed E-state index contributed by atoms with van der Waals surface area (Å²) in [4.78, 5) is 37.0. The minimum atomic E-state index is -0.808. The zero-order valence-electron chi connectivity index (χ0n) is 19.8. The van der Waals surface area contributed by atoms with Gasteiger partial charge in [-0.05, 0) is 37.1 Å². The number of nitrogens with one attached hydrogen (secondary N) is 1. The average Bonchev–Trinajstić information content (AvgIpc) is 3.66. The molecule has 2 fully saturated rings. The molecule has 10 heteroatoms. The number of benzene rings is 1. The van der Waals surface area contributed by atoms with E-state index in [0.29, 0.717) is 56.4 Å². The largest absolute Gasteiger partial charge is 0.459 e. The van der Waals surface area contributed by atoms with Crippen LogP contribution in [0.25, 0.3) is 11.7 Å². The highest BCUT2D eigenvalue weighted by Gasteiger charge is 2.52. The second-order valence-electron chi connectivity index (χ2n) is 9.46. The lowest BCUT2D eigenvalue weighted by atomic mass is 9.89. The number of carbonyl (C=O) groups excluding carboxylic acids is 2. The molecule has 1 aliphatic carbocycles. The molecule has 0 atom stereocenters. The Labute approximate surface area is 208 Å². The normalized spacial score (nSPS) is 19.2. The van der Waals surface area contributed by atoms with E-state index in [1.807, 2.05) is 29.2 Å². The number of amides is 2. The number of fused-ring (bicyclic) bond motifs is 1. The molecule has 2 amide bonds. The molecule has 0 radical (unpaired) electrons. The highest BCUT2D eigenvalue weighted by Crippen LogP contribution is 2.45. The van der Waals surface area contributed by atoms with Crippen LogP contribution in [0.5, 0.6) is 0 Å². The highest BCUT2D eigenvalue weighted by molar-refractivity contribution is 6.15. The molecule has 1 saturated carbocycles. The van der Waals surface area contributed by atoms with Crippen LogP contribution < -0.4 is 15.1 Å². The molecular formula is C26H26N6O4. The van der Waals surface area contributed by atoms with Crippen molar-refractivity contribution in [3.63, 3.8) is 0 Å². The Morgan fingerprint density at radius 3 is 2.61 bits per heavy atom. The summed E-state index contributed by atoms with van der Waals surface area (Å²) in [6, 6.07) is 13.1. The number of para-hydroxylation sites is 2. The molecule has 184 valence electrons. The number of hydrogen-bond acceptors (Lipinski definition) is 8. The molecule has 6 rings (SSSR count). The number of nitrogens with zero attached hydrogens (tertiary/aromatic N) is 5. The number of furan rings is 1. The molecule has 36 heavy (non-hydrogen) atoms. The van der Waals surface area contributed by atoms with Crippen molar-refractivity contribution in [1.29, 1.82) is 5.26 Å². The number of rotatable bonds is 4. The fraction of sp³-hybridized carbons (Fsp3) is 0.385. The first-order valence-electron chi connectivity index (χ1n) is 12.2. The lowest BCUT2D eigenvalue weighted by molar-refractivity contribution is -0.128. The van der Waals surface area contributed by atoms with E-state index >= 15 is 0 Å². The molecule has 1 aromatic carbocycles. The van der Waals surface area contributed by atoms with Gasteiger partial charge in [0.05, 0.1) is 24.2 Å². The van der Waals surface area contributed by atoms with Crippen molar-refractivity contribution >= 4 is 29.1 Å². The van der Waals surface area contributed by atoms with Crippen LogP contribution >= 0.6 is 0 Å². The van der Waals surface area contributed by atoms with Crippen LogP contribution in [-0.2, 0) is 9.59 Å². The second kappa shape index (κ2) is 8.84. The van der Waals surface area contributed by atoms with Gasteiger partial charge in [0.25, 0.3) is 11.8 Å². The second-order valence-corrected chi connectivity index (χ2v) is 9.46. The van der Waals surface area contributed by atoms with Gasteiger partial charge in [0.2, 0.25) is 17.5 Å². The van der Waals surface area contributed by atoms with E-state index in [-0.39, 0.29) is 29.9 Å². The van der Waals surface area contributed by atoms with E-state index in [2.05, 4.69) is 21.3 Å². The molecule has 0 unspecified atom stereocenters. The molecule has 0 bridgehead atoms. The maximum absolute atomic E-state index is 13.7. The van der Waals surface area contributed by atoms with E-state index in [1.165, 1.54) is 6.26 Å². The Hall–Kier alpha value is -4.10. The Kier molecular flexibility index (Phi) is 5.49. The minimum absolute atomic E-state index is 0.0647. The van der Waals surface area contributed by atoms with Crippen molar-refractivity contribution in [2.75, 3.05) is 47.8 Å². The van der Waals surface area contributed by atoms with Crippen LogP contribution in [0.1, 0.15) is 31.4 Å². The minimum Gasteiger partial charge on any atom is -0.459 e. The Morgan fingerprint density at radius 1 is 1.11 bits per heavy atom. The van der Waals surface area contributed by atoms with Gasteiger partial charge in [0.15, 0.2) is 5.76 Å². The van der Waals surface area contributed by atoms with Gasteiger partial charge in [-0.3, -0.25) is 19.4 Å². The lowest BCUT2D eigenvalue weighted by Crippen LogP contribution is -2.62. The molecular weight excluding hydrogens is 460 g/mol. The summed E-state index contributed by atoms with van der Waals surface area (Å²) in [6.45, 7) is 2.61. The van der Waals surface area contributed by atoms with E-state index < -0.39 is 5.54 Å². The number of oxazole rings is 1. The Balaban J connectivity index is 1.17. The monoisotopic (exact) mass is 486 g/mol. The van der Waals surface area contributed by atoms with Crippen LogP contribution in [0.15, 0.2) is 51.5 Å². The fourth-order valence-corrected chi connectivity index (χ4v) is 5.60. The van der Waals surface area contributed by atoms with Gasteiger partial charge in [-0.1, -0.05) is 25.0 Å². The van der Waals surface area contributed by atoms with Gasteiger partial charge in [-0.15, -0.1) is 0 Å². The number of carbonyl (C=O) groups is 2. The third-order valence-corrected chi connectivity index (χ3v) is 7.39. The third kappa shape index (κ3) is 3.63. The van der Waals surface area contributed by atoms with Crippen molar-refractivity contribution < 1.29 is 18.4 Å². The van der Waals surface area contributed by atoms with Crippen LogP contribution in [0.2, 0.25) is 0 Å². The van der Waals surface area contributed by atoms with Gasteiger partial charge < -0.3 is 19.1 Å². The predicted octanol–water partition coefficient (Wildman–Crippen LogP) is 3.23. The molecule has 1 spiro atoms. The van der Waals surface area contributed by atoms with Gasteiger partial charge in [0.1, 0.15) is 11.6 Å². The van der Waals surface area contributed by atoms with Crippen molar-refractivity contribution in [2.24, 2.45) is 0 Å². The van der Waals surface area contributed by atoms with E-state index in [4.69, 9.17) is 8.83 Å². The number of anilines is 3. The molecule has 2 aliphatic heterocycles. The standard InChI is InChI=1S/C26H26N6O4/c27-16-19-24(36-23(28-19)21-8-5-15-35-21)31-13-11-30(12-14-31)17-22(33)32-20-7-2-1-6-18(20)29-25(34)26(32)9-3-4-10-26/h1-2,5-8,15H,3-4,9-14,17H2,(H,29,34). The van der Waals surface area contributed by atoms with Crippen LogP contribution in [0.4, 0.5) is 17.3 Å². The van der Waals surface area contributed by atoms with Gasteiger partial charge in [0, 0.05) is 26.2 Å². The van der Waals surface area contributed by atoms with Gasteiger partial charge in [-0.2, -0.15) is 10.2 Å². The predicted molar refractivity (Wildman–Crippen MR) is 131 cm³/mol. The van der Waals surface area contributed by atoms with E-state index in [0.717, 1.165) is 18.5 Å². The third-order valence-electron chi connectivity index (χ3n) is 7.39. The van der Waals surface area contributed by atoms with Crippen LogP contribution in [-0.4, -0.2) is 60.0 Å². The first-order chi connectivity index (χ1) is 17.6. The summed E-state index contributed by atoms with van der Waals surface area (Å²) in [7, 11) is 0. The molecule has 3 aromatic rings. The fourth-order valence-electron chi connectivity index (χ4n) is 5.60. The lowest BCUT2D eigenvalue weighted by Gasteiger charge is -2.45. The first kappa shape index (κ1) is 22.4. The maximum Gasteiger partial charge on any atom is 0.266 e. The molecule has 1 N–H and O–H groups in total. The molecule has 1 saturated heterocycles. The SMILES string of the molecule is N#Cc1nc(-c2ccco2)oc1N1CCN(CC(=O)N2c3ccccc3NC(=O)C23CCCC3)CC1. The highest BCUT2D eigenvalue weighted by atomic mass is 16.4. The first-order valence-corrected chi connectivity index (χ1v) is 12.2.